The fraction of sp³-hybridized carbons (Fsp3) is 0.348. The molecule has 2 bridgehead atoms. The van der Waals surface area contributed by atoms with E-state index < -0.39 is 11.9 Å². The number of hydrogen-bond donors (Lipinski definition) is 4. The number of halogens is 1. The molecule has 3 aromatic heterocycles. The van der Waals surface area contributed by atoms with Crippen LogP contribution in [0.1, 0.15) is 37.1 Å². The molecular weight excluding hydrogens is 460 g/mol. The predicted molar refractivity (Wildman–Crippen MR) is 129 cm³/mol. The van der Waals surface area contributed by atoms with Crippen LogP contribution >= 0.6 is 22.9 Å². The van der Waals surface area contributed by atoms with Crippen LogP contribution in [0, 0.1) is 23.2 Å². The summed E-state index contributed by atoms with van der Waals surface area (Å²) in [7, 11) is 0. The number of aromatic nitrogens is 3. The average molecular weight is 483 g/mol. The van der Waals surface area contributed by atoms with Gasteiger partial charge in [-0.25, -0.2) is 15.0 Å². The van der Waals surface area contributed by atoms with Crippen molar-refractivity contribution in [2.24, 2.45) is 17.8 Å². The molecule has 8 nitrogen and oxygen atoms in total. The Hall–Kier alpha value is -3.04. The van der Waals surface area contributed by atoms with Gasteiger partial charge in [0.2, 0.25) is 0 Å². The Morgan fingerprint density at radius 2 is 1.97 bits per heavy atom. The molecule has 6 rings (SSSR count). The van der Waals surface area contributed by atoms with Crippen molar-refractivity contribution in [3.63, 3.8) is 0 Å². The topological polar surface area (TPSA) is 138 Å². The summed E-state index contributed by atoms with van der Waals surface area (Å²) in [6, 6.07) is 7.06. The molecule has 170 valence electrons. The predicted octanol–water partition coefficient (Wildman–Crippen LogP) is 4.55. The van der Waals surface area contributed by atoms with Crippen LogP contribution in [-0.4, -0.2) is 37.8 Å². The average Bonchev–Trinajstić information content (AvgIpc) is 3.36. The number of nitrogens with zero attached hydrogens (tertiary/aromatic N) is 3. The third kappa shape index (κ3) is 4.18. The second-order valence-corrected chi connectivity index (χ2v) is 9.99. The molecule has 0 saturated heterocycles. The number of nitrogens with two attached hydrogens (primary N) is 1. The third-order valence-electron chi connectivity index (χ3n) is 6.70. The van der Waals surface area contributed by atoms with Crippen molar-refractivity contribution in [1.29, 1.82) is 5.41 Å². The summed E-state index contributed by atoms with van der Waals surface area (Å²) in [5.41, 5.74) is 7.00. The van der Waals surface area contributed by atoms with E-state index in [-0.39, 0.29) is 35.2 Å². The summed E-state index contributed by atoms with van der Waals surface area (Å²) in [4.78, 5) is 26.3. The van der Waals surface area contributed by atoms with Crippen LogP contribution in [0.25, 0.3) is 10.6 Å². The second kappa shape index (κ2) is 8.72. The van der Waals surface area contributed by atoms with Crippen LogP contribution in [0.4, 0.5) is 11.6 Å². The summed E-state index contributed by atoms with van der Waals surface area (Å²) >= 11 is 7.61. The summed E-state index contributed by atoms with van der Waals surface area (Å²) in [6.07, 6.45) is 5.38. The highest BCUT2D eigenvalue weighted by Crippen LogP contribution is 2.46. The minimum Gasteiger partial charge on any atom is -0.481 e. The highest BCUT2D eigenvalue weighted by atomic mass is 35.5. The van der Waals surface area contributed by atoms with E-state index in [1.165, 1.54) is 17.5 Å². The van der Waals surface area contributed by atoms with E-state index in [2.05, 4.69) is 20.3 Å². The van der Waals surface area contributed by atoms with Gasteiger partial charge in [0.25, 0.3) is 0 Å². The number of carbonyl (C=O) groups is 1. The number of pyridine rings is 1. The lowest BCUT2D eigenvalue weighted by Gasteiger charge is -2.47. The Morgan fingerprint density at radius 1 is 1.21 bits per heavy atom. The Bertz CT molecular complexity index is 1210. The summed E-state index contributed by atoms with van der Waals surface area (Å²) in [5, 5.41) is 24.4. The molecule has 3 heterocycles. The van der Waals surface area contributed by atoms with Gasteiger partial charge in [-0.2, -0.15) is 0 Å². The van der Waals surface area contributed by atoms with E-state index in [4.69, 9.17) is 22.7 Å². The van der Waals surface area contributed by atoms with Crippen LogP contribution in [0.3, 0.4) is 0 Å². The molecule has 33 heavy (non-hydrogen) atoms. The zero-order valence-electron chi connectivity index (χ0n) is 17.7. The number of carboxylic acids is 1. The maximum atomic E-state index is 12.1. The maximum Gasteiger partial charge on any atom is 0.308 e. The number of aliphatic carboxylic acids is 1. The van der Waals surface area contributed by atoms with Crippen molar-refractivity contribution in [1.82, 2.24) is 15.0 Å². The number of rotatable bonds is 6. The lowest BCUT2D eigenvalue weighted by Crippen LogP contribution is -2.51. The van der Waals surface area contributed by atoms with Crippen molar-refractivity contribution in [3.8, 4) is 10.6 Å². The molecule has 0 aromatic carbocycles. The van der Waals surface area contributed by atoms with Crippen LogP contribution in [0.15, 0.2) is 35.8 Å². The smallest absolute Gasteiger partial charge is 0.308 e. The molecule has 0 aliphatic heterocycles. The van der Waals surface area contributed by atoms with E-state index in [1.807, 2.05) is 23.6 Å². The van der Waals surface area contributed by atoms with E-state index >= 15 is 0 Å². The summed E-state index contributed by atoms with van der Waals surface area (Å²) in [5.74, 6) is 0.0937. The van der Waals surface area contributed by atoms with Crippen molar-refractivity contribution < 1.29 is 9.90 Å². The van der Waals surface area contributed by atoms with Crippen LogP contribution in [0.2, 0.25) is 5.02 Å². The van der Waals surface area contributed by atoms with Crippen LogP contribution < -0.4 is 11.1 Å². The SMILES string of the molecule is N=C(c1nc(NC2C3CCC(CC3)C2C(=O)O)cc(-c2cccs2)n1)c1cc(Cl)cnc1N. The van der Waals surface area contributed by atoms with Crippen LogP contribution in [-0.2, 0) is 4.79 Å². The minimum absolute atomic E-state index is 0.00362. The van der Waals surface area contributed by atoms with Gasteiger partial charge in [0, 0.05) is 23.9 Å². The van der Waals surface area contributed by atoms with Crippen LogP contribution in [0.5, 0.6) is 0 Å². The van der Waals surface area contributed by atoms with E-state index in [1.54, 1.807) is 6.07 Å². The van der Waals surface area contributed by atoms with E-state index in [9.17, 15) is 9.90 Å². The van der Waals surface area contributed by atoms with E-state index in [0.717, 1.165) is 30.6 Å². The van der Waals surface area contributed by atoms with Crippen molar-refractivity contribution >= 4 is 46.3 Å². The number of thiophene rings is 1. The molecule has 2 unspecified atom stereocenters. The quantitative estimate of drug-likeness (QED) is 0.378. The van der Waals surface area contributed by atoms with Gasteiger partial charge < -0.3 is 16.2 Å². The molecule has 10 heteroatoms. The number of carboxylic acid groups (broad SMARTS) is 1. The van der Waals surface area contributed by atoms with Gasteiger partial charge >= 0.3 is 5.97 Å². The summed E-state index contributed by atoms with van der Waals surface area (Å²) in [6.45, 7) is 0. The van der Waals surface area contributed by atoms with Crippen molar-refractivity contribution in [2.75, 3.05) is 11.1 Å². The number of nitrogens with one attached hydrogen (secondary N) is 2. The van der Waals surface area contributed by atoms with Gasteiger partial charge in [0.15, 0.2) is 5.82 Å². The molecule has 0 amide bonds. The first-order chi connectivity index (χ1) is 15.9. The zero-order valence-corrected chi connectivity index (χ0v) is 19.2. The first-order valence-electron chi connectivity index (χ1n) is 10.8. The fourth-order valence-corrected chi connectivity index (χ4v) is 5.98. The molecule has 3 fully saturated rings. The monoisotopic (exact) mass is 482 g/mol. The fourth-order valence-electron chi connectivity index (χ4n) is 5.14. The van der Waals surface area contributed by atoms with Gasteiger partial charge in [-0.3, -0.25) is 10.2 Å². The molecule has 3 aliphatic rings. The van der Waals surface area contributed by atoms with Gasteiger partial charge in [-0.1, -0.05) is 17.7 Å². The Labute approximate surface area is 199 Å². The first-order valence-corrected chi connectivity index (χ1v) is 12.1. The van der Waals surface area contributed by atoms with Gasteiger partial charge in [0.1, 0.15) is 17.3 Å². The molecule has 3 aromatic rings. The molecule has 5 N–H and O–H groups in total. The van der Waals surface area contributed by atoms with Crippen molar-refractivity contribution in [3.05, 3.63) is 52.3 Å². The van der Waals surface area contributed by atoms with E-state index in [0.29, 0.717) is 22.1 Å². The lowest BCUT2D eigenvalue weighted by molar-refractivity contribution is -0.148. The first kappa shape index (κ1) is 21.8. The van der Waals surface area contributed by atoms with Gasteiger partial charge in [0.05, 0.1) is 21.5 Å². The van der Waals surface area contributed by atoms with Gasteiger partial charge in [-0.05, 0) is 55.0 Å². The molecular formula is C23H23ClN6O2S. The molecule has 0 radical (unpaired) electrons. The lowest BCUT2D eigenvalue weighted by atomic mass is 9.61. The standard InChI is InChI=1S/C23H23ClN6O2S/c24-13-8-14(21(26)27-10-13)19(25)22-28-15(16-2-1-7-33-16)9-17(30-22)29-20-12-5-3-11(4-6-12)18(20)23(31)32/h1-2,7-12,18,20,25H,3-6H2,(H2,26,27)(H,31,32)(H,28,29,30). The minimum atomic E-state index is -0.764. The number of fused-ring (bicyclic) bond motifs is 3. The summed E-state index contributed by atoms with van der Waals surface area (Å²) < 4.78 is 0. The Kier molecular flexibility index (Phi) is 5.76. The molecule has 0 spiro atoms. The number of anilines is 2. The second-order valence-electron chi connectivity index (χ2n) is 8.61. The molecule has 2 atom stereocenters. The third-order valence-corrected chi connectivity index (χ3v) is 7.80. The van der Waals surface area contributed by atoms with Crippen molar-refractivity contribution in [2.45, 2.75) is 31.7 Å². The zero-order chi connectivity index (χ0) is 23.1. The number of nitrogen functional groups attached to an aromatic ring is 1. The van der Waals surface area contributed by atoms with Gasteiger partial charge in [-0.15, -0.1) is 11.3 Å². The molecule has 3 aliphatic carbocycles. The Morgan fingerprint density at radius 3 is 2.67 bits per heavy atom. The highest BCUT2D eigenvalue weighted by molar-refractivity contribution is 7.13. The maximum absolute atomic E-state index is 12.1. The Balaban J connectivity index is 1.55. The number of hydrogen-bond acceptors (Lipinski definition) is 8. The normalized spacial score (nSPS) is 23.9. The largest absolute Gasteiger partial charge is 0.481 e. The molecule has 3 saturated carbocycles. The highest BCUT2D eigenvalue weighted by Gasteiger charge is 2.47.